The average Bonchev–Trinajstić information content (AvgIpc) is 2.53. The molecule has 1 heterocycles. The summed E-state index contributed by atoms with van der Waals surface area (Å²) in [5.74, 6) is 0. The van der Waals surface area contributed by atoms with Crippen molar-refractivity contribution >= 4 is 6.16 Å². The van der Waals surface area contributed by atoms with Gasteiger partial charge in [-0.1, -0.05) is 0 Å². The van der Waals surface area contributed by atoms with Crippen LogP contribution in [0.25, 0.3) is 0 Å². The molecule has 84 valence electrons. The van der Waals surface area contributed by atoms with Crippen LogP contribution in [-0.2, 0) is 16.0 Å². The van der Waals surface area contributed by atoms with Crippen molar-refractivity contribution in [2.24, 2.45) is 0 Å². The molecule has 0 unspecified atom stereocenters. The molecule has 0 N–H and O–H groups in total. The van der Waals surface area contributed by atoms with Crippen LogP contribution in [0, 0.1) is 0 Å². The summed E-state index contributed by atoms with van der Waals surface area (Å²) in [5, 5.41) is 0. The number of nitrogens with zero attached hydrogens (tertiary/aromatic N) is 1. The Morgan fingerprint density at radius 3 is 2.40 bits per heavy atom. The molecule has 0 radical (unpaired) electrons. The number of ether oxygens (including phenoxy) is 2. The van der Waals surface area contributed by atoms with Crippen molar-refractivity contribution in [3.63, 3.8) is 0 Å². The van der Waals surface area contributed by atoms with Gasteiger partial charge in [-0.25, -0.2) is 4.79 Å². The first-order valence-electron chi connectivity index (χ1n) is 4.94. The topological polar surface area (TPSA) is 40.5 Å². The smallest absolute Gasteiger partial charge is 0.432 e. The Labute approximate surface area is 89.8 Å². The molecule has 4 nitrogen and oxygen atoms in total. The van der Waals surface area contributed by atoms with E-state index in [2.05, 4.69) is 0 Å². The van der Waals surface area contributed by atoms with E-state index < -0.39 is 11.8 Å². The first-order valence-corrected chi connectivity index (χ1v) is 4.94. The lowest BCUT2D eigenvalue weighted by atomic mass is 10.2. The summed E-state index contributed by atoms with van der Waals surface area (Å²) in [6.45, 7) is 6.39. The van der Waals surface area contributed by atoms with Crippen LogP contribution in [0.2, 0.25) is 0 Å². The Morgan fingerprint density at radius 1 is 1.27 bits per heavy atom. The van der Waals surface area contributed by atoms with Gasteiger partial charge in [-0.2, -0.15) is 0 Å². The van der Waals surface area contributed by atoms with E-state index in [9.17, 15) is 4.79 Å². The second kappa shape index (κ2) is 4.87. The molecule has 15 heavy (non-hydrogen) atoms. The van der Waals surface area contributed by atoms with Gasteiger partial charge in [0.1, 0.15) is 12.2 Å². The average molecular weight is 211 g/mol. The van der Waals surface area contributed by atoms with Crippen LogP contribution < -0.4 is 0 Å². The second-order valence-electron chi connectivity index (χ2n) is 4.23. The number of carbonyl (C=O) groups is 1. The van der Waals surface area contributed by atoms with Crippen LogP contribution in [0.1, 0.15) is 20.8 Å². The van der Waals surface area contributed by atoms with Crippen molar-refractivity contribution in [2.45, 2.75) is 32.9 Å². The zero-order chi connectivity index (χ0) is 11.3. The number of hydrogen-bond acceptors (Lipinski definition) is 3. The van der Waals surface area contributed by atoms with Gasteiger partial charge in [0.25, 0.3) is 0 Å². The highest BCUT2D eigenvalue weighted by molar-refractivity contribution is 5.60. The van der Waals surface area contributed by atoms with Gasteiger partial charge in [-0.15, -0.1) is 0 Å². The highest BCUT2D eigenvalue weighted by Crippen LogP contribution is 2.07. The van der Waals surface area contributed by atoms with Crippen LogP contribution in [0.3, 0.4) is 0 Å². The highest BCUT2D eigenvalue weighted by atomic mass is 16.7. The van der Waals surface area contributed by atoms with E-state index in [-0.39, 0.29) is 0 Å². The molecular formula is C11H17NO3. The molecule has 0 bridgehead atoms. The molecule has 0 saturated carbocycles. The Hall–Kier alpha value is -1.45. The fourth-order valence-corrected chi connectivity index (χ4v) is 1.03. The third kappa shape index (κ3) is 5.10. The van der Waals surface area contributed by atoms with E-state index in [1.54, 1.807) is 20.8 Å². The Balaban J connectivity index is 2.18. The predicted octanol–water partition coefficient (Wildman–Crippen LogP) is 2.44. The van der Waals surface area contributed by atoms with Crippen molar-refractivity contribution in [1.29, 1.82) is 0 Å². The van der Waals surface area contributed by atoms with Gasteiger partial charge in [0.05, 0.1) is 6.54 Å². The third-order valence-electron chi connectivity index (χ3n) is 1.63. The molecule has 0 spiro atoms. The van der Waals surface area contributed by atoms with Gasteiger partial charge in [-0.05, 0) is 32.9 Å². The largest absolute Gasteiger partial charge is 0.508 e. The normalized spacial score (nSPS) is 11.1. The maximum absolute atomic E-state index is 11.1. The van der Waals surface area contributed by atoms with Crippen LogP contribution in [0.15, 0.2) is 24.5 Å². The minimum Gasteiger partial charge on any atom is -0.432 e. The van der Waals surface area contributed by atoms with Crippen LogP contribution >= 0.6 is 0 Å². The zero-order valence-electron chi connectivity index (χ0n) is 9.40. The molecule has 0 atom stereocenters. The van der Waals surface area contributed by atoms with E-state index in [0.717, 1.165) is 0 Å². The predicted molar refractivity (Wildman–Crippen MR) is 56.6 cm³/mol. The van der Waals surface area contributed by atoms with Gasteiger partial charge in [0, 0.05) is 12.4 Å². The lowest BCUT2D eigenvalue weighted by Gasteiger charge is -2.18. The number of rotatable bonds is 3. The monoisotopic (exact) mass is 211 g/mol. The zero-order valence-corrected chi connectivity index (χ0v) is 9.40. The summed E-state index contributed by atoms with van der Waals surface area (Å²) in [7, 11) is 0. The van der Waals surface area contributed by atoms with Gasteiger partial charge in [0.15, 0.2) is 0 Å². The number of hydrogen-bond donors (Lipinski definition) is 0. The summed E-state index contributed by atoms with van der Waals surface area (Å²) >= 11 is 0. The Kier molecular flexibility index (Phi) is 3.77. The van der Waals surface area contributed by atoms with Gasteiger partial charge >= 0.3 is 6.16 Å². The van der Waals surface area contributed by atoms with Crippen LogP contribution in [0.5, 0.6) is 0 Å². The molecule has 0 aromatic carbocycles. The van der Waals surface area contributed by atoms with Gasteiger partial charge in [-0.3, -0.25) is 0 Å². The second-order valence-corrected chi connectivity index (χ2v) is 4.23. The minimum absolute atomic E-state index is 0.323. The quantitative estimate of drug-likeness (QED) is 0.721. The molecule has 0 aliphatic carbocycles. The number of carbonyl (C=O) groups excluding carboxylic acids is 1. The van der Waals surface area contributed by atoms with E-state index in [0.29, 0.717) is 13.2 Å². The molecule has 0 aliphatic heterocycles. The Morgan fingerprint density at radius 2 is 1.87 bits per heavy atom. The highest BCUT2D eigenvalue weighted by Gasteiger charge is 2.16. The van der Waals surface area contributed by atoms with Crippen molar-refractivity contribution < 1.29 is 14.3 Å². The van der Waals surface area contributed by atoms with Crippen LogP contribution in [0.4, 0.5) is 4.79 Å². The summed E-state index contributed by atoms with van der Waals surface area (Å²) in [5.41, 5.74) is -0.496. The summed E-state index contributed by atoms with van der Waals surface area (Å²) in [6.07, 6.45) is 3.21. The molecule has 1 rings (SSSR count). The summed E-state index contributed by atoms with van der Waals surface area (Å²) in [6, 6.07) is 3.85. The standard InChI is InChI=1S/C11H17NO3/c1-11(2,3)15-10(13)14-9-8-12-6-4-5-7-12/h4-7H,8-9H2,1-3H3. The summed E-state index contributed by atoms with van der Waals surface area (Å²) in [4.78, 5) is 11.1. The molecule has 0 saturated heterocycles. The Bertz CT molecular complexity index is 298. The lowest BCUT2D eigenvalue weighted by Crippen LogP contribution is -2.25. The first-order chi connectivity index (χ1) is 6.97. The fourth-order valence-electron chi connectivity index (χ4n) is 1.03. The first kappa shape index (κ1) is 11.6. The molecular weight excluding hydrogens is 194 g/mol. The molecule has 1 aromatic rings. The number of aromatic nitrogens is 1. The van der Waals surface area contributed by atoms with Gasteiger partial charge in [0.2, 0.25) is 0 Å². The minimum atomic E-state index is -0.616. The van der Waals surface area contributed by atoms with Crippen molar-refractivity contribution in [2.75, 3.05) is 6.61 Å². The SMILES string of the molecule is CC(C)(C)OC(=O)OCCn1cccc1. The van der Waals surface area contributed by atoms with E-state index in [1.165, 1.54) is 0 Å². The molecule has 1 aromatic heterocycles. The maximum atomic E-state index is 11.1. The summed E-state index contributed by atoms with van der Waals surface area (Å²) < 4.78 is 11.8. The maximum Gasteiger partial charge on any atom is 0.508 e. The van der Waals surface area contributed by atoms with Crippen LogP contribution in [-0.4, -0.2) is 22.9 Å². The van der Waals surface area contributed by atoms with E-state index in [1.807, 2.05) is 29.1 Å². The molecule has 0 fully saturated rings. The molecule has 0 amide bonds. The third-order valence-corrected chi connectivity index (χ3v) is 1.63. The molecule has 0 aliphatic rings. The van der Waals surface area contributed by atoms with Gasteiger partial charge < -0.3 is 14.0 Å². The van der Waals surface area contributed by atoms with E-state index >= 15 is 0 Å². The molecule has 4 heteroatoms. The van der Waals surface area contributed by atoms with Crippen molar-refractivity contribution in [3.05, 3.63) is 24.5 Å². The van der Waals surface area contributed by atoms with Crippen molar-refractivity contribution in [3.8, 4) is 0 Å². The fraction of sp³-hybridized carbons (Fsp3) is 0.545. The van der Waals surface area contributed by atoms with Crippen molar-refractivity contribution in [1.82, 2.24) is 4.57 Å². The lowest BCUT2D eigenvalue weighted by molar-refractivity contribution is -0.00829. The van der Waals surface area contributed by atoms with E-state index in [4.69, 9.17) is 9.47 Å².